The molecule has 0 saturated carbocycles. The molecule has 2 aromatic carbocycles. The number of nitrogens with one attached hydrogen (secondary N) is 3. The van der Waals surface area contributed by atoms with E-state index >= 15 is 0 Å². The smallest absolute Gasteiger partial charge is 0.255 e. The monoisotopic (exact) mass is 485 g/mol. The van der Waals surface area contributed by atoms with E-state index in [4.69, 9.17) is 4.74 Å². The van der Waals surface area contributed by atoms with Crippen LogP contribution in [-0.4, -0.2) is 60.5 Å². The van der Waals surface area contributed by atoms with E-state index in [0.717, 1.165) is 39.0 Å². The standard InChI is InChI=1S/C28H31N5O3/c1-17(2)29-16-26(34)32-24-11-10-18(12-22(24)28(35)33(3)4)19-13-21-23(15-31-27(21)30-14-19)20-8-6-7-9-25(20)36-5/h6-15,17,29H,16H2,1-5H3,(H,30,31)(H,32,34). The summed E-state index contributed by atoms with van der Waals surface area (Å²) >= 11 is 0. The zero-order valence-corrected chi connectivity index (χ0v) is 21.2. The van der Waals surface area contributed by atoms with Crippen molar-refractivity contribution in [3.05, 3.63) is 66.5 Å². The molecule has 0 aliphatic rings. The van der Waals surface area contributed by atoms with E-state index in [1.54, 1.807) is 39.5 Å². The van der Waals surface area contributed by atoms with Gasteiger partial charge in [-0.1, -0.05) is 38.1 Å². The number of anilines is 1. The molecule has 8 heteroatoms. The van der Waals surface area contributed by atoms with E-state index in [1.807, 2.05) is 56.4 Å². The number of H-pyrrole nitrogens is 1. The molecule has 8 nitrogen and oxygen atoms in total. The molecular weight excluding hydrogens is 454 g/mol. The summed E-state index contributed by atoms with van der Waals surface area (Å²) in [5.74, 6) is 0.366. The molecule has 0 aliphatic heterocycles. The molecule has 2 aromatic heterocycles. The summed E-state index contributed by atoms with van der Waals surface area (Å²) in [5, 5.41) is 6.89. The molecule has 4 rings (SSSR count). The van der Waals surface area contributed by atoms with Gasteiger partial charge in [-0.05, 0) is 29.8 Å². The van der Waals surface area contributed by atoms with E-state index in [-0.39, 0.29) is 24.4 Å². The van der Waals surface area contributed by atoms with Gasteiger partial charge in [0.2, 0.25) is 5.91 Å². The molecule has 2 heterocycles. The van der Waals surface area contributed by atoms with Crippen LogP contribution in [0.4, 0.5) is 5.69 Å². The van der Waals surface area contributed by atoms with Crippen molar-refractivity contribution in [2.45, 2.75) is 19.9 Å². The van der Waals surface area contributed by atoms with E-state index < -0.39 is 0 Å². The highest BCUT2D eigenvalue weighted by Gasteiger charge is 2.18. The van der Waals surface area contributed by atoms with Crippen LogP contribution in [0, 0.1) is 0 Å². The number of carbonyl (C=O) groups is 2. The van der Waals surface area contributed by atoms with Crippen molar-refractivity contribution in [3.8, 4) is 28.0 Å². The number of hydrogen-bond acceptors (Lipinski definition) is 5. The van der Waals surface area contributed by atoms with Crippen molar-refractivity contribution < 1.29 is 14.3 Å². The van der Waals surface area contributed by atoms with Gasteiger partial charge < -0.3 is 25.3 Å². The van der Waals surface area contributed by atoms with Gasteiger partial charge in [0.15, 0.2) is 0 Å². The topological polar surface area (TPSA) is 99.3 Å². The fourth-order valence-electron chi connectivity index (χ4n) is 3.99. The Morgan fingerprint density at radius 3 is 2.56 bits per heavy atom. The van der Waals surface area contributed by atoms with Gasteiger partial charge in [0.1, 0.15) is 11.4 Å². The number of benzene rings is 2. The second kappa shape index (κ2) is 10.6. The van der Waals surface area contributed by atoms with Crippen molar-refractivity contribution in [1.82, 2.24) is 20.2 Å². The van der Waals surface area contributed by atoms with Crippen molar-refractivity contribution in [2.75, 3.05) is 33.1 Å². The molecule has 0 atom stereocenters. The molecule has 0 unspecified atom stereocenters. The maximum absolute atomic E-state index is 13.0. The number of rotatable bonds is 8. The van der Waals surface area contributed by atoms with Crippen LogP contribution in [0.5, 0.6) is 5.75 Å². The van der Waals surface area contributed by atoms with Crippen LogP contribution in [-0.2, 0) is 4.79 Å². The Balaban J connectivity index is 1.74. The average molecular weight is 486 g/mol. The lowest BCUT2D eigenvalue weighted by molar-refractivity contribution is -0.115. The van der Waals surface area contributed by atoms with E-state index in [9.17, 15) is 9.59 Å². The molecule has 0 spiro atoms. The van der Waals surface area contributed by atoms with Gasteiger partial charge in [0.25, 0.3) is 5.91 Å². The van der Waals surface area contributed by atoms with E-state index in [1.165, 1.54) is 4.90 Å². The first-order valence-corrected chi connectivity index (χ1v) is 11.8. The van der Waals surface area contributed by atoms with E-state index in [2.05, 4.69) is 20.6 Å². The summed E-state index contributed by atoms with van der Waals surface area (Å²) in [6.45, 7) is 4.10. The Morgan fingerprint density at radius 1 is 1.06 bits per heavy atom. The van der Waals surface area contributed by atoms with Crippen LogP contribution in [0.2, 0.25) is 0 Å². The second-order valence-electron chi connectivity index (χ2n) is 9.07. The summed E-state index contributed by atoms with van der Waals surface area (Å²) < 4.78 is 5.56. The van der Waals surface area contributed by atoms with Gasteiger partial charge in [-0.2, -0.15) is 0 Å². The number of carbonyl (C=O) groups excluding carboxylic acids is 2. The normalized spacial score (nSPS) is 11.1. The third-order valence-corrected chi connectivity index (χ3v) is 5.86. The molecular formula is C28H31N5O3. The lowest BCUT2D eigenvalue weighted by Gasteiger charge is -2.17. The summed E-state index contributed by atoms with van der Waals surface area (Å²) in [6.07, 6.45) is 3.69. The highest BCUT2D eigenvalue weighted by molar-refractivity contribution is 6.05. The fourth-order valence-corrected chi connectivity index (χ4v) is 3.99. The molecule has 186 valence electrons. The number of aromatic amines is 1. The number of fused-ring (bicyclic) bond motifs is 1. The number of nitrogens with zero attached hydrogens (tertiary/aromatic N) is 2. The molecule has 0 radical (unpaired) electrons. The number of hydrogen-bond donors (Lipinski definition) is 3. The molecule has 0 saturated heterocycles. The van der Waals surface area contributed by atoms with Crippen LogP contribution < -0.4 is 15.4 Å². The van der Waals surface area contributed by atoms with Gasteiger partial charge in [0.05, 0.1) is 24.9 Å². The van der Waals surface area contributed by atoms with Crippen molar-refractivity contribution >= 4 is 28.5 Å². The summed E-state index contributed by atoms with van der Waals surface area (Å²) in [5.41, 5.74) is 5.24. The Hall–Kier alpha value is -4.17. The predicted molar refractivity (Wildman–Crippen MR) is 143 cm³/mol. The Bertz CT molecular complexity index is 1410. The minimum Gasteiger partial charge on any atom is -0.496 e. The first-order valence-electron chi connectivity index (χ1n) is 11.8. The number of aromatic nitrogens is 2. The first kappa shape index (κ1) is 24.9. The van der Waals surface area contributed by atoms with Crippen LogP contribution in [0.3, 0.4) is 0 Å². The zero-order valence-electron chi connectivity index (χ0n) is 21.2. The van der Waals surface area contributed by atoms with Gasteiger partial charge in [-0.25, -0.2) is 4.98 Å². The highest BCUT2D eigenvalue weighted by atomic mass is 16.5. The SMILES string of the molecule is COc1ccccc1-c1c[nH]c2ncc(-c3ccc(NC(=O)CNC(C)C)c(C(=O)N(C)C)c3)cc12. The quantitative estimate of drug-likeness (QED) is 0.340. The number of methoxy groups -OCH3 is 1. The third kappa shape index (κ3) is 5.23. The number of amides is 2. The molecule has 0 bridgehead atoms. The van der Waals surface area contributed by atoms with Crippen molar-refractivity contribution in [1.29, 1.82) is 0 Å². The Kier molecular flexibility index (Phi) is 7.36. The first-order chi connectivity index (χ1) is 17.3. The summed E-state index contributed by atoms with van der Waals surface area (Å²) in [7, 11) is 5.03. The zero-order chi connectivity index (χ0) is 25.8. The van der Waals surface area contributed by atoms with Crippen LogP contribution in [0.1, 0.15) is 24.2 Å². The maximum atomic E-state index is 13.0. The molecule has 0 aliphatic carbocycles. The van der Waals surface area contributed by atoms with Gasteiger partial charge >= 0.3 is 0 Å². The van der Waals surface area contributed by atoms with Crippen molar-refractivity contribution in [2.24, 2.45) is 0 Å². The van der Waals surface area contributed by atoms with Gasteiger partial charge in [-0.3, -0.25) is 9.59 Å². The Morgan fingerprint density at radius 2 is 1.83 bits per heavy atom. The lowest BCUT2D eigenvalue weighted by Crippen LogP contribution is -2.33. The molecule has 2 amide bonds. The largest absolute Gasteiger partial charge is 0.496 e. The minimum atomic E-state index is -0.207. The van der Waals surface area contributed by atoms with Crippen LogP contribution >= 0.6 is 0 Å². The third-order valence-electron chi connectivity index (χ3n) is 5.86. The second-order valence-corrected chi connectivity index (χ2v) is 9.07. The van der Waals surface area contributed by atoms with Crippen molar-refractivity contribution in [3.63, 3.8) is 0 Å². The highest BCUT2D eigenvalue weighted by Crippen LogP contribution is 2.36. The lowest BCUT2D eigenvalue weighted by atomic mass is 9.99. The van der Waals surface area contributed by atoms with Crippen LogP contribution in [0.25, 0.3) is 33.3 Å². The van der Waals surface area contributed by atoms with Gasteiger partial charge in [-0.15, -0.1) is 0 Å². The predicted octanol–water partition coefficient (Wildman–Crippen LogP) is 4.54. The molecule has 3 N–H and O–H groups in total. The number of para-hydroxylation sites is 1. The van der Waals surface area contributed by atoms with Crippen LogP contribution in [0.15, 0.2) is 60.9 Å². The number of ether oxygens (including phenoxy) is 1. The molecule has 4 aromatic rings. The average Bonchev–Trinajstić information content (AvgIpc) is 3.30. The summed E-state index contributed by atoms with van der Waals surface area (Å²) in [4.78, 5) is 34.8. The minimum absolute atomic E-state index is 0.162. The molecule has 0 fully saturated rings. The maximum Gasteiger partial charge on any atom is 0.255 e. The van der Waals surface area contributed by atoms with E-state index in [0.29, 0.717) is 11.3 Å². The number of pyridine rings is 1. The fraction of sp³-hybridized carbons (Fsp3) is 0.250. The molecule has 36 heavy (non-hydrogen) atoms. The summed E-state index contributed by atoms with van der Waals surface area (Å²) in [6, 6.07) is 15.5. The van der Waals surface area contributed by atoms with Gasteiger partial charge in [0, 0.05) is 54.6 Å². The Labute approximate surface area is 210 Å².